The zero-order valence-corrected chi connectivity index (χ0v) is 11.3. The molecule has 2 bridgehead atoms. The van der Waals surface area contributed by atoms with Gasteiger partial charge < -0.3 is 10.0 Å². The molecule has 0 spiro atoms. The van der Waals surface area contributed by atoms with Gasteiger partial charge in [-0.05, 0) is 44.4 Å². The maximum Gasteiger partial charge on any atom is 0.416 e. The number of rotatable bonds is 1. The van der Waals surface area contributed by atoms with E-state index in [1.807, 2.05) is 7.05 Å². The molecule has 2 nitrogen and oxygen atoms in total. The van der Waals surface area contributed by atoms with Gasteiger partial charge in [0.1, 0.15) is 0 Å². The molecular weight excluding hydrogens is 267 g/mol. The van der Waals surface area contributed by atoms with Crippen molar-refractivity contribution in [1.82, 2.24) is 4.90 Å². The summed E-state index contributed by atoms with van der Waals surface area (Å²) in [5, 5.41) is 10.9. The molecule has 2 fully saturated rings. The highest BCUT2D eigenvalue weighted by atomic mass is 19.4. The number of aliphatic hydroxyl groups is 1. The standard InChI is InChI=1S/C15H18F3NO/c1-19-10-6-7-11(19)9-14(20,8-10)12-4-2-3-5-13(12)15(16,17)18/h2-5,10-11,20H,6-9H2,1H3. The molecule has 0 aliphatic carbocycles. The topological polar surface area (TPSA) is 23.5 Å². The number of benzene rings is 1. The lowest BCUT2D eigenvalue weighted by molar-refractivity contribution is -0.142. The predicted octanol–water partition coefficient (Wildman–Crippen LogP) is 3.15. The van der Waals surface area contributed by atoms with Gasteiger partial charge in [-0.3, -0.25) is 0 Å². The van der Waals surface area contributed by atoms with Crippen molar-refractivity contribution in [3.05, 3.63) is 35.4 Å². The van der Waals surface area contributed by atoms with Crippen LogP contribution in [0.2, 0.25) is 0 Å². The number of nitrogens with zero attached hydrogens (tertiary/aromatic N) is 1. The van der Waals surface area contributed by atoms with Gasteiger partial charge in [-0.1, -0.05) is 18.2 Å². The molecule has 2 aliphatic heterocycles. The van der Waals surface area contributed by atoms with Crippen molar-refractivity contribution in [2.45, 2.75) is 49.5 Å². The van der Waals surface area contributed by atoms with Gasteiger partial charge >= 0.3 is 6.18 Å². The van der Waals surface area contributed by atoms with Crippen molar-refractivity contribution in [3.63, 3.8) is 0 Å². The van der Waals surface area contributed by atoms with Crippen LogP contribution < -0.4 is 0 Å². The van der Waals surface area contributed by atoms with Crippen LogP contribution in [0, 0.1) is 0 Å². The van der Waals surface area contributed by atoms with Crippen LogP contribution in [0.4, 0.5) is 13.2 Å². The fourth-order valence-corrected chi connectivity index (χ4v) is 3.80. The summed E-state index contributed by atoms with van der Waals surface area (Å²) in [7, 11) is 2.00. The molecule has 0 saturated carbocycles. The molecule has 3 rings (SSSR count). The molecule has 2 unspecified atom stereocenters. The minimum absolute atomic E-state index is 0.0394. The van der Waals surface area contributed by atoms with Gasteiger partial charge in [0.05, 0.1) is 11.2 Å². The summed E-state index contributed by atoms with van der Waals surface area (Å²) in [6.07, 6.45) is -1.75. The maximum absolute atomic E-state index is 13.1. The molecule has 2 heterocycles. The minimum atomic E-state index is -4.42. The fraction of sp³-hybridized carbons (Fsp3) is 0.600. The molecule has 2 saturated heterocycles. The lowest BCUT2D eigenvalue weighted by atomic mass is 9.78. The maximum atomic E-state index is 13.1. The summed E-state index contributed by atoms with van der Waals surface area (Å²) in [6, 6.07) is 5.79. The van der Waals surface area contributed by atoms with Crippen LogP contribution >= 0.6 is 0 Å². The Labute approximate surface area is 116 Å². The first kappa shape index (κ1) is 13.9. The van der Waals surface area contributed by atoms with E-state index in [2.05, 4.69) is 4.90 Å². The molecule has 1 aromatic rings. The molecule has 1 aromatic carbocycles. The van der Waals surface area contributed by atoms with Gasteiger partial charge in [0.2, 0.25) is 0 Å². The summed E-state index contributed by atoms with van der Waals surface area (Å²) < 4.78 is 39.4. The molecule has 0 radical (unpaired) electrons. The van der Waals surface area contributed by atoms with Crippen LogP contribution in [-0.4, -0.2) is 29.1 Å². The lowest BCUT2D eigenvalue weighted by Crippen LogP contribution is -2.48. The van der Waals surface area contributed by atoms with Gasteiger partial charge in [-0.2, -0.15) is 13.2 Å². The van der Waals surface area contributed by atoms with Gasteiger partial charge in [-0.25, -0.2) is 0 Å². The largest absolute Gasteiger partial charge is 0.416 e. The van der Waals surface area contributed by atoms with E-state index >= 15 is 0 Å². The molecule has 1 N–H and O–H groups in total. The summed E-state index contributed by atoms with van der Waals surface area (Å²) in [4.78, 5) is 2.20. The molecule has 2 aliphatic rings. The van der Waals surface area contributed by atoms with E-state index in [-0.39, 0.29) is 17.6 Å². The highest BCUT2D eigenvalue weighted by Gasteiger charge is 2.49. The highest BCUT2D eigenvalue weighted by Crippen LogP contribution is 2.47. The Morgan fingerprint density at radius 3 is 2.25 bits per heavy atom. The third-order valence-corrected chi connectivity index (χ3v) is 4.87. The van der Waals surface area contributed by atoms with Gasteiger partial charge in [-0.15, -0.1) is 0 Å². The number of hydrogen-bond donors (Lipinski definition) is 1. The van der Waals surface area contributed by atoms with Crippen LogP contribution in [0.15, 0.2) is 24.3 Å². The number of fused-ring (bicyclic) bond motifs is 2. The van der Waals surface area contributed by atoms with Gasteiger partial charge in [0.15, 0.2) is 0 Å². The van der Waals surface area contributed by atoms with Crippen molar-refractivity contribution < 1.29 is 18.3 Å². The van der Waals surface area contributed by atoms with E-state index in [4.69, 9.17) is 0 Å². The van der Waals surface area contributed by atoms with Gasteiger partial charge in [0.25, 0.3) is 0 Å². The Morgan fingerprint density at radius 1 is 1.15 bits per heavy atom. The van der Waals surface area contributed by atoms with Crippen LogP contribution in [0.1, 0.15) is 36.8 Å². The van der Waals surface area contributed by atoms with E-state index in [9.17, 15) is 18.3 Å². The zero-order valence-electron chi connectivity index (χ0n) is 11.3. The van der Waals surface area contributed by atoms with E-state index in [0.29, 0.717) is 12.8 Å². The number of alkyl halides is 3. The fourth-order valence-electron chi connectivity index (χ4n) is 3.80. The number of hydrogen-bond acceptors (Lipinski definition) is 2. The first-order valence-corrected chi connectivity index (χ1v) is 6.92. The van der Waals surface area contributed by atoms with Crippen molar-refractivity contribution in [2.24, 2.45) is 0 Å². The quantitative estimate of drug-likeness (QED) is 0.857. The summed E-state index contributed by atoms with van der Waals surface area (Å²) >= 11 is 0. The van der Waals surface area contributed by atoms with Gasteiger partial charge in [0, 0.05) is 12.1 Å². The Morgan fingerprint density at radius 2 is 1.70 bits per heavy atom. The predicted molar refractivity (Wildman–Crippen MR) is 69.1 cm³/mol. The average Bonchev–Trinajstić information content (AvgIpc) is 2.62. The van der Waals surface area contributed by atoms with Crippen molar-refractivity contribution in [1.29, 1.82) is 0 Å². The second-order valence-corrected chi connectivity index (χ2v) is 6.03. The van der Waals surface area contributed by atoms with E-state index in [0.717, 1.165) is 18.9 Å². The third-order valence-electron chi connectivity index (χ3n) is 4.87. The molecule has 2 atom stereocenters. The number of piperidine rings is 1. The first-order chi connectivity index (χ1) is 9.31. The first-order valence-electron chi connectivity index (χ1n) is 6.92. The Bertz CT molecular complexity index is 500. The molecule has 20 heavy (non-hydrogen) atoms. The molecule has 110 valence electrons. The summed E-state index contributed by atoms with van der Waals surface area (Å²) in [5.74, 6) is 0. The van der Waals surface area contributed by atoms with Crippen molar-refractivity contribution >= 4 is 0 Å². The molecule has 5 heteroatoms. The normalized spacial score (nSPS) is 34.5. The summed E-state index contributed by atoms with van der Waals surface area (Å²) in [5.41, 5.74) is -2.02. The van der Waals surface area contributed by atoms with Crippen molar-refractivity contribution in [2.75, 3.05) is 7.05 Å². The third kappa shape index (κ3) is 2.13. The van der Waals surface area contributed by atoms with Crippen LogP contribution in [-0.2, 0) is 11.8 Å². The smallest absolute Gasteiger partial charge is 0.385 e. The number of halogens is 3. The van der Waals surface area contributed by atoms with Crippen LogP contribution in [0.3, 0.4) is 0 Å². The average molecular weight is 285 g/mol. The lowest BCUT2D eigenvalue weighted by Gasteiger charge is -2.43. The second-order valence-electron chi connectivity index (χ2n) is 6.03. The molecular formula is C15H18F3NO. The van der Waals surface area contributed by atoms with Crippen LogP contribution in [0.25, 0.3) is 0 Å². The molecule has 0 amide bonds. The Hall–Kier alpha value is -1.07. The SMILES string of the molecule is CN1C2CCC1CC(O)(c1ccccc1C(F)(F)F)C2. The Kier molecular flexibility index (Phi) is 3.10. The van der Waals surface area contributed by atoms with Crippen molar-refractivity contribution in [3.8, 4) is 0 Å². The Balaban J connectivity index is 2.01. The highest BCUT2D eigenvalue weighted by molar-refractivity contribution is 5.35. The molecule has 0 aromatic heterocycles. The van der Waals surface area contributed by atoms with Crippen LogP contribution in [0.5, 0.6) is 0 Å². The van der Waals surface area contributed by atoms with E-state index in [1.54, 1.807) is 6.07 Å². The van der Waals surface area contributed by atoms with E-state index in [1.165, 1.54) is 12.1 Å². The zero-order chi connectivity index (χ0) is 14.5. The summed E-state index contributed by atoms with van der Waals surface area (Å²) in [6.45, 7) is 0. The minimum Gasteiger partial charge on any atom is -0.385 e. The monoisotopic (exact) mass is 285 g/mol. The second kappa shape index (κ2) is 4.46. The van der Waals surface area contributed by atoms with E-state index < -0.39 is 17.3 Å².